The molecule has 0 bridgehead atoms. The standard InChI is InChI=1S/C39H50ClN5O5/c1-43(25-39(49)14-9-27(10-15-39)32-21-28-3-5-30(50-2)23-33(28)41-32)24-26-7-12-38(13-8-26)16-19-44(20-17-38)36(47)29-4-6-31(40)34(22-29)45-18-11-35(46)42-37(45)48/h3-6,21-23,26-27,32,49H,7-20,24-25H2,1-2H3,(H,42,46,48). The fourth-order valence-corrected chi connectivity index (χ4v) is 9.42. The molecule has 2 N–H and O–H groups in total. The van der Waals surface area contributed by atoms with Gasteiger partial charge < -0.3 is 19.6 Å². The molecule has 4 fully saturated rings. The summed E-state index contributed by atoms with van der Waals surface area (Å²) < 4.78 is 5.37. The summed E-state index contributed by atoms with van der Waals surface area (Å²) in [5.41, 5.74) is 0.606. The van der Waals surface area contributed by atoms with E-state index in [-0.39, 0.29) is 30.8 Å². The van der Waals surface area contributed by atoms with Gasteiger partial charge in [-0.3, -0.25) is 24.8 Å². The lowest BCUT2D eigenvalue weighted by Gasteiger charge is -2.47. The second-order valence-electron chi connectivity index (χ2n) is 15.6. The van der Waals surface area contributed by atoms with E-state index in [1.807, 2.05) is 17.0 Å². The number of carbonyl (C=O) groups excluding carboxylic acids is 3. The van der Waals surface area contributed by atoms with Gasteiger partial charge in [0.2, 0.25) is 5.91 Å². The van der Waals surface area contributed by atoms with Crippen molar-refractivity contribution in [2.45, 2.75) is 82.3 Å². The van der Waals surface area contributed by atoms with Gasteiger partial charge in [0, 0.05) is 50.8 Å². The van der Waals surface area contributed by atoms with Crippen molar-refractivity contribution in [1.82, 2.24) is 15.1 Å². The van der Waals surface area contributed by atoms with Gasteiger partial charge in [-0.25, -0.2) is 4.79 Å². The third-order valence-electron chi connectivity index (χ3n) is 12.3. The van der Waals surface area contributed by atoms with Gasteiger partial charge in [-0.15, -0.1) is 0 Å². The molecule has 7 rings (SSSR count). The van der Waals surface area contributed by atoms with Crippen molar-refractivity contribution in [1.29, 1.82) is 0 Å². The number of piperidine rings is 1. The number of benzene rings is 2. The van der Waals surface area contributed by atoms with E-state index in [9.17, 15) is 19.5 Å². The first kappa shape index (κ1) is 35.0. The molecule has 2 aliphatic carbocycles. The number of carbonyl (C=O) groups is 3. The Morgan fingerprint density at radius 3 is 2.46 bits per heavy atom. The highest BCUT2D eigenvalue weighted by molar-refractivity contribution is 6.34. The first-order valence-electron chi connectivity index (χ1n) is 18.4. The van der Waals surface area contributed by atoms with Crippen LogP contribution in [0.4, 0.5) is 10.5 Å². The Kier molecular flexibility index (Phi) is 9.98. The number of anilines is 1. The summed E-state index contributed by atoms with van der Waals surface area (Å²) in [6.45, 7) is 3.40. The van der Waals surface area contributed by atoms with Crippen LogP contribution in [0.1, 0.15) is 81.0 Å². The highest BCUT2D eigenvalue weighted by Crippen LogP contribution is 2.47. The van der Waals surface area contributed by atoms with Gasteiger partial charge in [0.1, 0.15) is 5.75 Å². The highest BCUT2D eigenvalue weighted by Gasteiger charge is 2.41. The second kappa shape index (κ2) is 14.3. The Balaban J connectivity index is 0.854. The number of ether oxygens (including phenoxy) is 1. The number of amides is 4. The Morgan fingerprint density at radius 2 is 1.76 bits per heavy atom. The summed E-state index contributed by atoms with van der Waals surface area (Å²) in [7, 11) is 3.85. The Hall–Kier alpha value is -3.47. The minimum absolute atomic E-state index is 0.0462. The van der Waals surface area contributed by atoms with Crippen LogP contribution in [-0.4, -0.2) is 91.3 Å². The number of fused-ring (bicyclic) bond motifs is 1. The van der Waals surface area contributed by atoms with E-state index in [4.69, 9.17) is 21.3 Å². The molecule has 2 saturated carbocycles. The van der Waals surface area contributed by atoms with Crippen LogP contribution in [0.2, 0.25) is 5.02 Å². The first-order chi connectivity index (χ1) is 24.0. The number of methoxy groups -OCH3 is 1. The largest absolute Gasteiger partial charge is 0.497 e. The van der Waals surface area contributed by atoms with Crippen molar-refractivity contribution < 1.29 is 24.2 Å². The summed E-state index contributed by atoms with van der Waals surface area (Å²) in [6, 6.07) is 10.8. The van der Waals surface area contributed by atoms with Gasteiger partial charge in [0.15, 0.2) is 0 Å². The number of likely N-dealkylation sites (N-methyl/N-ethyl adjacent to an activating group) is 1. The molecule has 4 amide bonds. The number of likely N-dealkylation sites (tertiary alicyclic amines) is 1. The molecule has 5 aliphatic rings. The molecule has 0 radical (unpaired) electrons. The molecule has 3 aliphatic heterocycles. The SMILES string of the molecule is COc1ccc2c(c1)=NC(C1CCC(O)(CN(C)CC3CCC4(CC3)CCN(C(=O)c3ccc(Cl)c(N5CCC(=O)NC5=O)c3)CC4)CC1)C=2. The van der Waals surface area contributed by atoms with Crippen molar-refractivity contribution in [2.24, 2.45) is 22.2 Å². The van der Waals surface area contributed by atoms with Crippen molar-refractivity contribution in [3.05, 3.63) is 57.6 Å². The third kappa shape index (κ3) is 7.44. The molecule has 3 heterocycles. The van der Waals surface area contributed by atoms with Crippen molar-refractivity contribution in [3.63, 3.8) is 0 Å². The van der Waals surface area contributed by atoms with Crippen LogP contribution in [0.25, 0.3) is 6.08 Å². The third-order valence-corrected chi connectivity index (χ3v) is 12.6. The number of nitrogens with one attached hydrogen (secondary N) is 1. The molecule has 10 nitrogen and oxygen atoms in total. The van der Waals surface area contributed by atoms with Crippen LogP contribution in [0.15, 0.2) is 41.4 Å². The van der Waals surface area contributed by atoms with Gasteiger partial charge >= 0.3 is 6.03 Å². The zero-order chi connectivity index (χ0) is 35.0. The number of rotatable bonds is 8. The fourth-order valence-electron chi connectivity index (χ4n) is 9.20. The van der Waals surface area contributed by atoms with E-state index >= 15 is 0 Å². The van der Waals surface area contributed by atoms with E-state index in [0.717, 1.165) is 69.3 Å². The summed E-state index contributed by atoms with van der Waals surface area (Å²) in [5.74, 6) is 1.58. The molecule has 0 aromatic heterocycles. The Labute approximate surface area is 299 Å². The summed E-state index contributed by atoms with van der Waals surface area (Å²) in [4.78, 5) is 48.3. The number of nitrogens with zero attached hydrogens (tertiary/aromatic N) is 4. The van der Waals surface area contributed by atoms with E-state index in [1.165, 1.54) is 35.8 Å². The molecular formula is C39H50ClN5O5. The minimum Gasteiger partial charge on any atom is -0.497 e. The molecule has 11 heteroatoms. The van der Waals surface area contributed by atoms with E-state index in [1.54, 1.807) is 25.3 Å². The lowest BCUT2D eigenvalue weighted by atomic mass is 9.65. The van der Waals surface area contributed by atoms with Gasteiger partial charge in [0.25, 0.3) is 5.91 Å². The van der Waals surface area contributed by atoms with Crippen molar-refractivity contribution in [2.75, 3.05) is 51.8 Å². The van der Waals surface area contributed by atoms with Crippen LogP contribution in [0.5, 0.6) is 5.75 Å². The van der Waals surface area contributed by atoms with Gasteiger partial charge in [-0.1, -0.05) is 17.7 Å². The average Bonchev–Trinajstić information content (AvgIpc) is 3.53. The normalized spacial score (nSPS) is 26.7. The van der Waals surface area contributed by atoms with Gasteiger partial charge in [-0.2, -0.15) is 0 Å². The lowest BCUT2D eigenvalue weighted by Crippen LogP contribution is -2.49. The van der Waals surface area contributed by atoms with Crippen LogP contribution in [-0.2, 0) is 4.79 Å². The van der Waals surface area contributed by atoms with Gasteiger partial charge in [-0.05, 0) is 124 Å². The average molecular weight is 704 g/mol. The molecule has 1 atom stereocenters. The van der Waals surface area contributed by atoms with Crippen molar-refractivity contribution >= 4 is 41.2 Å². The predicted molar refractivity (Wildman–Crippen MR) is 193 cm³/mol. The second-order valence-corrected chi connectivity index (χ2v) is 16.0. The Bertz CT molecular complexity index is 1740. The molecule has 1 unspecified atom stereocenters. The first-order valence-corrected chi connectivity index (χ1v) is 18.7. The number of hydrogen-bond acceptors (Lipinski definition) is 7. The van der Waals surface area contributed by atoms with E-state index in [2.05, 4.69) is 29.4 Å². The maximum Gasteiger partial charge on any atom is 0.328 e. The molecule has 1 spiro atoms. The van der Waals surface area contributed by atoms with E-state index < -0.39 is 11.6 Å². The van der Waals surface area contributed by atoms with Crippen molar-refractivity contribution in [3.8, 4) is 5.75 Å². The van der Waals surface area contributed by atoms with E-state index in [0.29, 0.717) is 40.1 Å². The molecule has 2 aromatic rings. The molecule has 2 aromatic carbocycles. The van der Waals surface area contributed by atoms with Crippen LogP contribution >= 0.6 is 11.6 Å². The Morgan fingerprint density at radius 1 is 1.02 bits per heavy atom. The van der Waals surface area contributed by atoms with Crippen LogP contribution in [0, 0.1) is 17.3 Å². The monoisotopic (exact) mass is 703 g/mol. The number of halogens is 1. The number of aliphatic hydroxyl groups is 1. The molecule has 50 heavy (non-hydrogen) atoms. The molecule has 268 valence electrons. The maximum absolute atomic E-state index is 13.5. The zero-order valence-corrected chi connectivity index (χ0v) is 30.1. The van der Waals surface area contributed by atoms with Crippen LogP contribution < -0.4 is 25.5 Å². The molecule has 2 saturated heterocycles. The summed E-state index contributed by atoms with van der Waals surface area (Å²) >= 11 is 6.41. The molecular weight excluding hydrogens is 654 g/mol. The highest BCUT2D eigenvalue weighted by atomic mass is 35.5. The fraction of sp³-hybridized carbons (Fsp3) is 0.590. The summed E-state index contributed by atoms with van der Waals surface area (Å²) in [6.07, 6.45) is 12.8. The number of hydrogen-bond donors (Lipinski definition) is 2. The quantitative estimate of drug-likeness (QED) is 0.418. The van der Waals surface area contributed by atoms with Gasteiger partial charge in [0.05, 0.1) is 34.8 Å². The topological polar surface area (TPSA) is 115 Å². The minimum atomic E-state index is -0.640. The zero-order valence-electron chi connectivity index (χ0n) is 29.3. The predicted octanol–water partition coefficient (Wildman–Crippen LogP) is 4.54. The number of urea groups is 1. The number of imide groups is 1. The smallest absolute Gasteiger partial charge is 0.328 e. The lowest BCUT2D eigenvalue weighted by molar-refractivity contribution is -0.120. The summed E-state index contributed by atoms with van der Waals surface area (Å²) in [5, 5.41) is 16.5. The van der Waals surface area contributed by atoms with Crippen LogP contribution in [0.3, 0.4) is 0 Å². The maximum atomic E-state index is 13.5.